The van der Waals surface area contributed by atoms with Gasteiger partial charge in [0.15, 0.2) is 5.69 Å². The lowest BCUT2D eigenvalue weighted by molar-refractivity contribution is 0.0688. The molecule has 1 aliphatic rings. The number of halogens is 2. The fraction of sp³-hybridized carbons (Fsp3) is 0.200. The molecule has 0 aliphatic heterocycles. The quantitative estimate of drug-likeness (QED) is 0.603. The van der Waals surface area contributed by atoms with E-state index in [1.165, 1.54) is 0 Å². The van der Waals surface area contributed by atoms with Gasteiger partial charge in [-0.2, -0.15) is 5.10 Å². The van der Waals surface area contributed by atoms with Crippen LogP contribution in [-0.2, 0) is 12.8 Å². The lowest BCUT2D eigenvalue weighted by Crippen LogP contribution is -2.09. The fourth-order valence-corrected chi connectivity index (χ4v) is 4.27. The van der Waals surface area contributed by atoms with Gasteiger partial charge in [0.1, 0.15) is 11.5 Å². The topological polar surface area (TPSA) is 73.6 Å². The second kappa shape index (κ2) is 7.14. The monoisotopic (exact) mass is 462 g/mol. The molecule has 0 bridgehead atoms. The van der Waals surface area contributed by atoms with Gasteiger partial charge in [-0.05, 0) is 58.6 Å². The number of ether oxygens (including phenoxy) is 2. The van der Waals surface area contributed by atoms with Gasteiger partial charge in [-0.3, -0.25) is 0 Å². The number of methoxy groups -OCH3 is 2. The molecule has 0 atom stereocenters. The van der Waals surface area contributed by atoms with Crippen LogP contribution in [0.3, 0.4) is 0 Å². The highest BCUT2D eigenvalue weighted by atomic mass is 79.9. The molecule has 3 aromatic rings. The summed E-state index contributed by atoms with van der Waals surface area (Å²) in [6.07, 6.45) is 1.28. The lowest BCUT2D eigenvalue weighted by atomic mass is 9.88. The summed E-state index contributed by atoms with van der Waals surface area (Å²) in [7, 11) is 3.17. The molecule has 1 N–H and O–H groups in total. The first-order chi connectivity index (χ1) is 13.4. The molecular formula is C20H16BrClN2O4. The standard InChI is InChI=1S/C20H16BrClN2O4/c1-27-13-7-11(22)6-12(8-13)24-19-14(18(23-24)20(25)26)4-3-10-5-17(28-2)16(21)9-15(10)19/h5-9H,3-4H2,1-2H3,(H,25,26). The maximum Gasteiger partial charge on any atom is 0.356 e. The van der Waals surface area contributed by atoms with Crippen LogP contribution >= 0.6 is 27.5 Å². The van der Waals surface area contributed by atoms with Crippen LogP contribution in [0.2, 0.25) is 5.02 Å². The summed E-state index contributed by atoms with van der Waals surface area (Å²) in [6, 6.07) is 9.11. The number of carboxylic acids is 1. The van der Waals surface area contributed by atoms with Crippen molar-refractivity contribution in [2.75, 3.05) is 14.2 Å². The minimum atomic E-state index is -1.06. The van der Waals surface area contributed by atoms with Crippen LogP contribution in [0.5, 0.6) is 11.5 Å². The van der Waals surface area contributed by atoms with E-state index in [2.05, 4.69) is 21.0 Å². The Morgan fingerprint density at radius 3 is 2.64 bits per heavy atom. The largest absolute Gasteiger partial charge is 0.497 e. The average molecular weight is 464 g/mol. The van der Waals surface area contributed by atoms with Crippen molar-refractivity contribution >= 4 is 33.5 Å². The first-order valence-electron chi connectivity index (χ1n) is 8.50. The summed E-state index contributed by atoms with van der Waals surface area (Å²) in [5, 5.41) is 14.6. The molecule has 0 amide bonds. The number of aromatic nitrogens is 2. The van der Waals surface area contributed by atoms with Crippen LogP contribution in [0.25, 0.3) is 16.9 Å². The van der Waals surface area contributed by atoms with Gasteiger partial charge in [0.25, 0.3) is 0 Å². The van der Waals surface area contributed by atoms with Crippen molar-refractivity contribution in [1.29, 1.82) is 0 Å². The van der Waals surface area contributed by atoms with Crippen LogP contribution in [0.1, 0.15) is 21.6 Å². The van der Waals surface area contributed by atoms with Gasteiger partial charge in [-0.15, -0.1) is 0 Å². The van der Waals surface area contributed by atoms with Gasteiger partial charge >= 0.3 is 5.97 Å². The minimum Gasteiger partial charge on any atom is -0.497 e. The third-order valence-corrected chi connectivity index (χ3v) is 5.64. The number of carboxylic acid groups (broad SMARTS) is 1. The molecule has 2 aromatic carbocycles. The van der Waals surface area contributed by atoms with Crippen LogP contribution < -0.4 is 9.47 Å². The third kappa shape index (κ3) is 3.04. The molecule has 144 valence electrons. The molecule has 0 saturated heterocycles. The van der Waals surface area contributed by atoms with Crippen LogP contribution in [0.4, 0.5) is 0 Å². The van der Waals surface area contributed by atoms with E-state index in [9.17, 15) is 9.90 Å². The van der Waals surface area contributed by atoms with Crippen LogP contribution in [0, 0.1) is 0 Å². The lowest BCUT2D eigenvalue weighted by Gasteiger charge is -2.20. The Kier molecular flexibility index (Phi) is 4.81. The van der Waals surface area contributed by atoms with Gasteiger partial charge in [-0.1, -0.05) is 11.6 Å². The number of carbonyl (C=O) groups is 1. The number of aromatic carboxylic acids is 1. The van der Waals surface area contributed by atoms with Crippen LogP contribution in [-0.4, -0.2) is 35.1 Å². The normalized spacial score (nSPS) is 12.3. The van der Waals surface area contributed by atoms with E-state index in [4.69, 9.17) is 21.1 Å². The van der Waals surface area contributed by atoms with Crippen molar-refractivity contribution in [3.63, 3.8) is 0 Å². The Morgan fingerprint density at radius 1 is 1.18 bits per heavy atom. The van der Waals surface area contributed by atoms with Crippen molar-refractivity contribution < 1.29 is 19.4 Å². The maximum atomic E-state index is 11.8. The van der Waals surface area contributed by atoms with Crippen molar-refractivity contribution in [1.82, 2.24) is 9.78 Å². The predicted molar refractivity (Wildman–Crippen MR) is 109 cm³/mol. The Hall–Kier alpha value is -2.51. The average Bonchev–Trinajstić information content (AvgIpc) is 3.07. The summed E-state index contributed by atoms with van der Waals surface area (Å²) in [5.74, 6) is 0.242. The number of aryl methyl sites for hydroxylation is 1. The molecule has 0 saturated carbocycles. The van der Waals surface area contributed by atoms with E-state index in [1.54, 1.807) is 37.1 Å². The van der Waals surface area contributed by atoms with Gasteiger partial charge < -0.3 is 14.6 Å². The van der Waals surface area contributed by atoms with E-state index < -0.39 is 5.97 Å². The minimum absolute atomic E-state index is 0.0477. The SMILES string of the molecule is COc1cc(Cl)cc(-n2nc(C(=O)O)c3c2-c2cc(Br)c(OC)cc2CC3)c1. The summed E-state index contributed by atoms with van der Waals surface area (Å²) in [6.45, 7) is 0. The van der Waals surface area contributed by atoms with Crippen LogP contribution in [0.15, 0.2) is 34.8 Å². The molecule has 1 aromatic heterocycles. The Balaban J connectivity index is 2.02. The number of nitrogens with zero attached hydrogens (tertiary/aromatic N) is 2. The van der Waals surface area contributed by atoms with E-state index in [-0.39, 0.29) is 5.69 Å². The van der Waals surface area contributed by atoms with E-state index >= 15 is 0 Å². The highest BCUT2D eigenvalue weighted by molar-refractivity contribution is 9.10. The maximum absolute atomic E-state index is 11.8. The summed E-state index contributed by atoms with van der Waals surface area (Å²) in [4.78, 5) is 11.8. The third-order valence-electron chi connectivity index (χ3n) is 4.80. The van der Waals surface area contributed by atoms with Gasteiger partial charge in [0.2, 0.25) is 0 Å². The van der Waals surface area contributed by atoms with E-state index in [0.29, 0.717) is 34.9 Å². The number of hydrogen-bond donors (Lipinski definition) is 1. The highest BCUT2D eigenvalue weighted by Crippen LogP contribution is 2.41. The van der Waals surface area contributed by atoms with Gasteiger partial charge in [0.05, 0.1) is 30.1 Å². The first-order valence-corrected chi connectivity index (χ1v) is 9.67. The van der Waals surface area contributed by atoms with Gasteiger partial charge in [0, 0.05) is 22.2 Å². The van der Waals surface area contributed by atoms with E-state index in [1.807, 2.05) is 12.1 Å². The molecule has 0 unspecified atom stereocenters. The Bertz CT molecular complexity index is 1110. The molecule has 0 radical (unpaired) electrons. The number of rotatable bonds is 4. The fourth-order valence-electron chi connectivity index (χ4n) is 3.55. The van der Waals surface area contributed by atoms with Gasteiger partial charge in [-0.25, -0.2) is 9.48 Å². The Labute approximate surface area is 174 Å². The van der Waals surface area contributed by atoms with Crippen molar-refractivity contribution in [2.45, 2.75) is 12.8 Å². The Morgan fingerprint density at radius 2 is 1.96 bits per heavy atom. The number of hydrogen-bond acceptors (Lipinski definition) is 4. The molecule has 0 spiro atoms. The molecule has 1 aliphatic carbocycles. The number of benzene rings is 2. The summed E-state index contributed by atoms with van der Waals surface area (Å²) in [5.41, 5.74) is 4.11. The summed E-state index contributed by atoms with van der Waals surface area (Å²) >= 11 is 9.76. The molecule has 4 rings (SSSR count). The van der Waals surface area contributed by atoms with Crippen molar-refractivity contribution in [3.8, 4) is 28.4 Å². The zero-order chi connectivity index (χ0) is 20.0. The highest BCUT2D eigenvalue weighted by Gasteiger charge is 2.30. The second-order valence-electron chi connectivity index (χ2n) is 6.39. The molecular weight excluding hydrogens is 448 g/mol. The smallest absolute Gasteiger partial charge is 0.356 e. The number of fused-ring (bicyclic) bond motifs is 3. The molecule has 6 nitrogen and oxygen atoms in total. The second-order valence-corrected chi connectivity index (χ2v) is 7.68. The molecule has 0 fully saturated rings. The zero-order valence-electron chi connectivity index (χ0n) is 15.1. The van der Waals surface area contributed by atoms with E-state index in [0.717, 1.165) is 27.0 Å². The van der Waals surface area contributed by atoms with Crippen molar-refractivity contribution in [3.05, 3.63) is 56.6 Å². The molecule has 28 heavy (non-hydrogen) atoms. The first kappa shape index (κ1) is 18.8. The summed E-state index contributed by atoms with van der Waals surface area (Å²) < 4.78 is 13.1. The predicted octanol–water partition coefficient (Wildman–Crippen LogP) is 4.77. The molecule has 8 heteroatoms. The molecule has 1 heterocycles. The van der Waals surface area contributed by atoms with Crippen molar-refractivity contribution in [2.24, 2.45) is 0 Å². The zero-order valence-corrected chi connectivity index (χ0v) is 17.5.